The molecule has 0 amide bonds. The summed E-state index contributed by atoms with van der Waals surface area (Å²) < 4.78 is 10.4. The SMILES string of the molecule is CCSCCOC(=O)C1=C(C)NC2=C(C(=O)[C@H](C(=O)OC)[C@H](C)C2)[C@@H]1c1ccc([N+](=O)[O-])cc1. The number of nitrogens with zero attached hydrogens (tertiary/aromatic N) is 1. The van der Waals surface area contributed by atoms with Gasteiger partial charge in [-0.3, -0.25) is 19.7 Å². The van der Waals surface area contributed by atoms with Crippen molar-refractivity contribution in [3.8, 4) is 0 Å². The van der Waals surface area contributed by atoms with Gasteiger partial charge in [-0.05, 0) is 30.6 Å². The second kappa shape index (κ2) is 10.9. The summed E-state index contributed by atoms with van der Waals surface area (Å²) in [6.45, 7) is 5.76. The maximum atomic E-state index is 13.6. The minimum Gasteiger partial charge on any atom is -0.468 e. The van der Waals surface area contributed by atoms with Crippen molar-refractivity contribution >= 4 is 35.2 Å². The molecule has 34 heavy (non-hydrogen) atoms. The number of hydrogen-bond donors (Lipinski definition) is 1. The summed E-state index contributed by atoms with van der Waals surface area (Å²) in [7, 11) is 1.24. The normalized spacial score (nSPS) is 22.1. The number of hydrogen-bond acceptors (Lipinski definition) is 9. The van der Waals surface area contributed by atoms with Gasteiger partial charge in [0.15, 0.2) is 5.78 Å². The van der Waals surface area contributed by atoms with E-state index in [1.54, 1.807) is 25.6 Å². The van der Waals surface area contributed by atoms with E-state index in [0.717, 1.165) is 5.75 Å². The molecule has 0 radical (unpaired) electrons. The van der Waals surface area contributed by atoms with Gasteiger partial charge in [0.1, 0.15) is 12.5 Å². The molecule has 1 aliphatic carbocycles. The fraction of sp³-hybridized carbons (Fsp3) is 0.458. The Morgan fingerprint density at radius 1 is 1.26 bits per heavy atom. The highest BCUT2D eigenvalue weighted by Crippen LogP contribution is 2.45. The van der Waals surface area contributed by atoms with Crippen LogP contribution in [0.3, 0.4) is 0 Å². The van der Waals surface area contributed by atoms with E-state index in [0.29, 0.717) is 34.7 Å². The number of carbonyl (C=O) groups is 3. The van der Waals surface area contributed by atoms with E-state index in [4.69, 9.17) is 9.47 Å². The number of rotatable bonds is 8. The molecule has 0 saturated heterocycles. The lowest BCUT2D eigenvalue weighted by Gasteiger charge is -2.38. The van der Waals surface area contributed by atoms with Crippen molar-refractivity contribution in [1.29, 1.82) is 0 Å². The Morgan fingerprint density at radius 2 is 1.94 bits per heavy atom. The average molecular weight is 489 g/mol. The van der Waals surface area contributed by atoms with Crippen molar-refractivity contribution in [1.82, 2.24) is 5.32 Å². The summed E-state index contributed by atoms with van der Waals surface area (Å²) in [5.74, 6) is -2.20. The van der Waals surface area contributed by atoms with Crippen LogP contribution in [0.5, 0.6) is 0 Å². The Kier molecular flexibility index (Phi) is 8.14. The Balaban J connectivity index is 2.08. The highest BCUT2D eigenvalue weighted by molar-refractivity contribution is 7.99. The highest BCUT2D eigenvalue weighted by Gasteiger charge is 2.47. The fourth-order valence-electron chi connectivity index (χ4n) is 4.49. The van der Waals surface area contributed by atoms with Crippen LogP contribution in [0.1, 0.15) is 38.7 Å². The summed E-state index contributed by atoms with van der Waals surface area (Å²) in [5, 5.41) is 14.3. The number of carbonyl (C=O) groups excluding carboxylic acids is 3. The summed E-state index contributed by atoms with van der Waals surface area (Å²) in [4.78, 5) is 49.9. The van der Waals surface area contributed by atoms with Crippen molar-refractivity contribution in [2.24, 2.45) is 11.8 Å². The number of nitro benzene ring substituents is 1. The summed E-state index contributed by atoms with van der Waals surface area (Å²) in [5.41, 5.74) is 2.15. The van der Waals surface area contributed by atoms with Gasteiger partial charge in [0, 0.05) is 40.8 Å². The van der Waals surface area contributed by atoms with Crippen molar-refractivity contribution < 1.29 is 28.8 Å². The molecule has 1 aromatic carbocycles. The zero-order valence-electron chi connectivity index (χ0n) is 19.6. The molecule has 0 aromatic heterocycles. The van der Waals surface area contributed by atoms with Crippen molar-refractivity contribution in [3.05, 3.63) is 62.5 Å². The number of ether oxygens (including phenoxy) is 2. The Hall–Kier alpha value is -3.14. The molecule has 1 heterocycles. The number of methoxy groups -OCH3 is 1. The number of Topliss-reactive ketones (excluding diaryl/α,β-unsaturated/α-hetero) is 1. The molecule has 0 unspecified atom stereocenters. The predicted molar refractivity (Wildman–Crippen MR) is 127 cm³/mol. The van der Waals surface area contributed by atoms with Gasteiger partial charge in [0.2, 0.25) is 0 Å². The minimum absolute atomic E-state index is 0.107. The molecule has 1 N–H and O–H groups in total. The van der Waals surface area contributed by atoms with Crippen LogP contribution in [-0.4, -0.2) is 47.9 Å². The number of nitrogens with one attached hydrogen (secondary N) is 1. The molecule has 2 aliphatic rings. The molecule has 1 aliphatic heterocycles. The lowest BCUT2D eigenvalue weighted by atomic mass is 9.69. The monoisotopic (exact) mass is 488 g/mol. The molecule has 1 aromatic rings. The van der Waals surface area contributed by atoms with Gasteiger partial charge in [-0.15, -0.1) is 0 Å². The van der Waals surface area contributed by atoms with Crippen LogP contribution >= 0.6 is 11.8 Å². The van der Waals surface area contributed by atoms with E-state index in [9.17, 15) is 24.5 Å². The third-order valence-electron chi connectivity index (χ3n) is 6.07. The van der Waals surface area contributed by atoms with E-state index >= 15 is 0 Å². The van der Waals surface area contributed by atoms with Gasteiger partial charge in [0.25, 0.3) is 5.69 Å². The smallest absolute Gasteiger partial charge is 0.336 e. The molecule has 0 spiro atoms. The van der Waals surface area contributed by atoms with Crippen LogP contribution < -0.4 is 5.32 Å². The molecule has 3 rings (SSSR count). The van der Waals surface area contributed by atoms with E-state index in [1.807, 2.05) is 6.92 Å². The Labute approximate surface area is 202 Å². The third kappa shape index (κ3) is 5.01. The van der Waals surface area contributed by atoms with Crippen LogP contribution in [0.25, 0.3) is 0 Å². The van der Waals surface area contributed by atoms with Gasteiger partial charge in [-0.2, -0.15) is 11.8 Å². The second-order valence-corrected chi connectivity index (χ2v) is 9.61. The Morgan fingerprint density at radius 3 is 2.53 bits per heavy atom. The molecule has 182 valence electrons. The minimum atomic E-state index is -0.997. The lowest BCUT2D eigenvalue weighted by Crippen LogP contribution is -2.43. The Bertz CT molecular complexity index is 1060. The lowest BCUT2D eigenvalue weighted by molar-refractivity contribution is -0.384. The number of dihydropyridines is 1. The molecule has 0 fully saturated rings. The van der Waals surface area contributed by atoms with Gasteiger partial charge < -0.3 is 14.8 Å². The molecule has 0 saturated carbocycles. The van der Waals surface area contributed by atoms with E-state index < -0.39 is 34.5 Å². The summed E-state index contributed by atoms with van der Waals surface area (Å²) in [6, 6.07) is 5.73. The van der Waals surface area contributed by atoms with Crippen molar-refractivity contribution in [3.63, 3.8) is 0 Å². The highest BCUT2D eigenvalue weighted by atomic mass is 32.2. The molecular weight excluding hydrogens is 460 g/mol. The molecular formula is C24H28N2O7S. The van der Waals surface area contributed by atoms with Gasteiger partial charge in [-0.1, -0.05) is 26.0 Å². The zero-order chi connectivity index (χ0) is 25.0. The largest absolute Gasteiger partial charge is 0.468 e. The van der Waals surface area contributed by atoms with Crippen LogP contribution in [0, 0.1) is 22.0 Å². The van der Waals surface area contributed by atoms with Gasteiger partial charge >= 0.3 is 11.9 Å². The second-order valence-electron chi connectivity index (χ2n) is 8.22. The van der Waals surface area contributed by atoms with E-state index in [2.05, 4.69) is 5.32 Å². The van der Waals surface area contributed by atoms with Crippen LogP contribution in [0.4, 0.5) is 5.69 Å². The number of esters is 2. The van der Waals surface area contributed by atoms with Gasteiger partial charge in [-0.25, -0.2) is 4.79 Å². The first-order valence-corrected chi connectivity index (χ1v) is 12.2. The molecule has 3 atom stereocenters. The van der Waals surface area contributed by atoms with Crippen LogP contribution in [-0.2, 0) is 23.9 Å². The number of thioether (sulfide) groups is 1. The topological polar surface area (TPSA) is 125 Å². The molecule has 0 bridgehead atoms. The zero-order valence-corrected chi connectivity index (χ0v) is 20.4. The predicted octanol–water partition coefficient (Wildman–Crippen LogP) is 3.50. The summed E-state index contributed by atoms with van der Waals surface area (Å²) >= 11 is 1.64. The standard InChI is InChI=1S/C24H28N2O7S/c1-5-34-11-10-33-24(29)19-14(3)25-17-12-13(2)18(23(28)32-4)22(27)21(17)20(19)15-6-8-16(9-7-15)26(30)31/h6-9,13,18,20,25H,5,10-12H2,1-4H3/t13-,18-,20-/m1/s1. The van der Waals surface area contributed by atoms with Crippen molar-refractivity contribution in [2.75, 3.05) is 25.2 Å². The van der Waals surface area contributed by atoms with Crippen LogP contribution in [0.15, 0.2) is 46.8 Å². The maximum Gasteiger partial charge on any atom is 0.336 e. The first-order chi connectivity index (χ1) is 16.2. The third-order valence-corrected chi connectivity index (χ3v) is 6.93. The summed E-state index contributed by atoms with van der Waals surface area (Å²) in [6.07, 6.45) is 0.414. The number of ketones is 1. The van der Waals surface area contributed by atoms with E-state index in [-0.39, 0.29) is 23.8 Å². The maximum absolute atomic E-state index is 13.6. The molecule has 10 heteroatoms. The average Bonchev–Trinajstić information content (AvgIpc) is 2.80. The quantitative estimate of drug-likeness (QED) is 0.192. The first-order valence-electron chi connectivity index (χ1n) is 11.0. The molecule has 9 nitrogen and oxygen atoms in total. The fourth-order valence-corrected chi connectivity index (χ4v) is 4.98. The number of allylic oxidation sites excluding steroid dienone is 3. The number of benzene rings is 1. The van der Waals surface area contributed by atoms with Gasteiger partial charge in [0.05, 0.1) is 17.6 Å². The first kappa shape index (κ1) is 25.5. The number of non-ortho nitro benzene ring substituents is 1. The van der Waals surface area contributed by atoms with E-state index in [1.165, 1.54) is 31.4 Å². The number of nitro groups is 1. The van der Waals surface area contributed by atoms with Crippen molar-refractivity contribution in [2.45, 2.75) is 33.1 Å². The van der Waals surface area contributed by atoms with Crippen LogP contribution in [0.2, 0.25) is 0 Å².